The van der Waals surface area contributed by atoms with Crippen molar-refractivity contribution >= 4 is 55.7 Å². The number of thiophene rings is 1. The van der Waals surface area contributed by atoms with Crippen molar-refractivity contribution in [2.24, 2.45) is 0 Å². The SMILES string of the molecule is O=C(c1ccc(-c2ccc(Cl)cc2)s1)N1CCN(c2nc3cccnc3s2)CC1. The van der Waals surface area contributed by atoms with Gasteiger partial charge in [-0.05, 0) is 42.0 Å². The fourth-order valence-electron chi connectivity index (χ4n) is 3.37. The fraction of sp³-hybridized carbons (Fsp3) is 0.190. The molecule has 29 heavy (non-hydrogen) atoms. The van der Waals surface area contributed by atoms with Gasteiger partial charge in [-0.3, -0.25) is 4.79 Å². The highest BCUT2D eigenvalue weighted by Gasteiger charge is 2.25. The Kier molecular flexibility index (Phi) is 4.95. The number of hydrogen-bond donors (Lipinski definition) is 0. The number of fused-ring (bicyclic) bond motifs is 1. The van der Waals surface area contributed by atoms with Crippen LogP contribution in [0.4, 0.5) is 5.13 Å². The molecule has 0 atom stereocenters. The predicted octanol–water partition coefficient (Wildman–Crippen LogP) is 5.04. The standard InChI is InChI=1S/C21H17ClN4OS2/c22-15-5-3-14(4-6-15)17-7-8-18(28-17)20(27)25-10-12-26(13-11-25)21-24-16-2-1-9-23-19(16)29-21/h1-9H,10-13H2. The van der Waals surface area contributed by atoms with E-state index in [2.05, 4.69) is 14.9 Å². The summed E-state index contributed by atoms with van der Waals surface area (Å²) in [5.74, 6) is 0.0980. The summed E-state index contributed by atoms with van der Waals surface area (Å²) in [6.07, 6.45) is 1.79. The molecular formula is C21H17ClN4OS2. The maximum atomic E-state index is 13.0. The number of thiazole rings is 1. The third-order valence-electron chi connectivity index (χ3n) is 4.94. The highest BCUT2D eigenvalue weighted by Crippen LogP contribution is 2.31. The van der Waals surface area contributed by atoms with Crippen LogP contribution >= 0.6 is 34.3 Å². The number of amides is 1. The van der Waals surface area contributed by atoms with Gasteiger partial charge in [0, 0.05) is 42.3 Å². The summed E-state index contributed by atoms with van der Waals surface area (Å²) in [5, 5.41) is 1.69. The summed E-state index contributed by atoms with van der Waals surface area (Å²) in [5.41, 5.74) is 2.01. The van der Waals surface area contributed by atoms with Crippen molar-refractivity contribution in [1.29, 1.82) is 0 Å². The van der Waals surface area contributed by atoms with Gasteiger partial charge in [-0.15, -0.1) is 11.3 Å². The predicted molar refractivity (Wildman–Crippen MR) is 120 cm³/mol. The van der Waals surface area contributed by atoms with Crippen LogP contribution in [0.3, 0.4) is 0 Å². The van der Waals surface area contributed by atoms with Crippen LogP contribution in [0.2, 0.25) is 5.02 Å². The summed E-state index contributed by atoms with van der Waals surface area (Å²) in [4.78, 5) is 29.0. The van der Waals surface area contributed by atoms with E-state index in [9.17, 15) is 4.79 Å². The van der Waals surface area contributed by atoms with Crippen molar-refractivity contribution in [2.75, 3.05) is 31.1 Å². The maximum Gasteiger partial charge on any atom is 0.264 e. The Bertz CT molecular complexity index is 1130. The lowest BCUT2D eigenvalue weighted by Gasteiger charge is -2.34. The highest BCUT2D eigenvalue weighted by atomic mass is 35.5. The molecule has 1 aliphatic rings. The maximum absolute atomic E-state index is 13.0. The molecular weight excluding hydrogens is 424 g/mol. The normalized spacial score (nSPS) is 14.5. The number of anilines is 1. The average molecular weight is 441 g/mol. The van der Waals surface area contributed by atoms with Crippen LogP contribution in [0.15, 0.2) is 54.7 Å². The third kappa shape index (κ3) is 3.73. The van der Waals surface area contributed by atoms with E-state index in [0.717, 1.165) is 43.9 Å². The molecule has 1 saturated heterocycles. The molecule has 4 heterocycles. The number of rotatable bonds is 3. The zero-order chi connectivity index (χ0) is 19.8. The van der Waals surface area contributed by atoms with Crippen molar-refractivity contribution in [1.82, 2.24) is 14.9 Å². The third-order valence-corrected chi connectivity index (χ3v) is 7.35. The first kappa shape index (κ1) is 18.5. The van der Waals surface area contributed by atoms with E-state index in [4.69, 9.17) is 11.6 Å². The van der Waals surface area contributed by atoms with E-state index in [1.807, 2.05) is 53.4 Å². The zero-order valence-electron chi connectivity index (χ0n) is 15.4. The number of benzene rings is 1. The van der Waals surface area contributed by atoms with Gasteiger partial charge in [-0.1, -0.05) is 35.1 Å². The van der Waals surface area contributed by atoms with Gasteiger partial charge in [0.05, 0.1) is 4.88 Å². The second-order valence-corrected chi connectivity index (χ2v) is 9.25. The minimum absolute atomic E-state index is 0.0980. The Balaban J connectivity index is 1.26. The second kappa shape index (κ2) is 7.74. The van der Waals surface area contributed by atoms with E-state index in [0.29, 0.717) is 18.1 Å². The minimum atomic E-state index is 0.0980. The quantitative estimate of drug-likeness (QED) is 0.448. The topological polar surface area (TPSA) is 49.3 Å². The van der Waals surface area contributed by atoms with Crippen LogP contribution < -0.4 is 4.90 Å². The summed E-state index contributed by atoms with van der Waals surface area (Å²) in [7, 11) is 0. The summed E-state index contributed by atoms with van der Waals surface area (Å²) < 4.78 is 0. The molecule has 0 spiro atoms. The smallest absolute Gasteiger partial charge is 0.264 e. The molecule has 0 saturated carbocycles. The lowest BCUT2D eigenvalue weighted by Crippen LogP contribution is -2.48. The Labute approximate surface area is 181 Å². The van der Waals surface area contributed by atoms with E-state index < -0.39 is 0 Å². The first-order valence-corrected chi connectivity index (χ1v) is 11.3. The van der Waals surface area contributed by atoms with Crippen molar-refractivity contribution in [3.8, 4) is 10.4 Å². The van der Waals surface area contributed by atoms with Crippen LogP contribution in [0.1, 0.15) is 9.67 Å². The number of nitrogens with zero attached hydrogens (tertiary/aromatic N) is 4. The largest absolute Gasteiger partial charge is 0.344 e. The van der Waals surface area contributed by atoms with E-state index in [1.54, 1.807) is 17.5 Å². The van der Waals surface area contributed by atoms with Crippen molar-refractivity contribution in [2.45, 2.75) is 0 Å². The van der Waals surface area contributed by atoms with Crippen LogP contribution in [0, 0.1) is 0 Å². The molecule has 5 nitrogen and oxygen atoms in total. The van der Waals surface area contributed by atoms with Gasteiger partial charge in [0.15, 0.2) is 5.13 Å². The molecule has 0 unspecified atom stereocenters. The van der Waals surface area contributed by atoms with E-state index in [1.165, 1.54) is 11.3 Å². The molecule has 0 N–H and O–H groups in total. The highest BCUT2D eigenvalue weighted by molar-refractivity contribution is 7.21. The summed E-state index contributed by atoms with van der Waals surface area (Å²) in [6, 6.07) is 15.5. The molecule has 0 bridgehead atoms. The molecule has 1 aliphatic heterocycles. The molecule has 4 aromatic rings. The van der Waals surface area contributed by atoms with E-state index >= 15 is 0 Å². The fourth-order valence-corrected chi connectivity index (χ4v) is 5.44. The number of aromatic nitrogens is 2. The Morgan fingerprint density at radius 1 is 0.966 bits per heavy atom. The monoisotopic (exact) mass is 440 g/mol. The molecule has 0 aliphatic carbocycles. The van der Waals surface area contributed by atoms with Crippen molar-refractivity contribution < 1.29 is 4.79 Å². The van der Waals surface area contributed by atoms with Crippen molar-refractivity contribution in [3.63, 3.8) is 0 Å². The van der Waals surface area contributed by atoms with Crippen LogP contribution in [-0.4, -0.2) is 47.0 Å². The molecule has 146 valence electrons. The summed E-state index contributed by atoms with van der Waals surface area (Å²) >= 11 is 9.10. The average Bonchev–Trinajstić information content (AvgIpc) is 3.41. The first-order chi connectivity index (χ1) is 14.2. The number of hydrogen-bond acceptors (Lipinski definition) is 6. The lowest BCUT2D eigenvalue weighted by atomic mass is 10.2. The number of carbonyl (C=O) groups excluding carboxylic acids is 1. The Morgan fingerprint density at radius 3 is 2.52 bits per heavy atom. The molecule has 8 heteroatoms. The molecule has 3 aromatic heterocycles. The van der Waals surface area contributed by atoms with Crippen LogP contribution in [-0.2, 0) is 0 Å². The van der Waals surface area contributed by atoms with Gasteiger partial charge in [0.25, 0.3) is 5.91 Å². The summed E-state index contributed by atoms with van der Waals surface area (Å²) in [6.45, 7) is 2.94. The van der Waals surface area contributed by atoms with Gasteiger partial charge in [-0.25, -0.2) is 9.97 Å². The van der Waals surface area contributed by atoms with Crippen LogP contribution in [0.5, 0.6) is 0 Å². The van der Waals surface area contributed by atoms with Gasteiger partial charge in [0.2, 0.25) is 0 Å². The van der Waals surface area contributed by atoms with Crippen LogP contribution in [0.25, 0.3) is 20.8 Å². The Hall–Kier alpha value is -2.48. The van der Waals surface area contributed by atoms with E-state index in [-0.39, 0.29) is 5.91 Å². The number of carbonyl (C=O) groups is 1. The zero-order valence-corrected chi connectivity index (χ0v) is 17.8. The number of pyridine rings is 1. The van der Waals surface area contributed by atoms with Gasteiger partial charge in [0.1, 0.15) is 10.3 Å². The molecule has 1 aromatic carbocycles. The van der Waals surface area contributed by atoms with Gasteiger partial charge in [-0.2, -0.15) is 0 Å². The minimum Gasteiger partial charge on any atom is -0.344 e. The molecule has 1 amide bonds. The Morgan fingerprint density at radius 2 is 1.76 bits per heavy atom. The van der Waals surface area contributed by atoms with Gasteiger partial charge >= 0.3 is 0 Å². The lowest BCUT2D eigenvalue weighted by molar-refractivity contribution is 0.0751. The molecule has 0 radical (unpaired) electrons. The first-order valence-electron chi connectivity index (χ1n) is 9.29. The number of piperazine rings is 1. The second-order valence-electron chi connectivity index (χ2n) is 6.77. The molecule has 1 fully saturated rings. The number of halogens is 1. The van der Waals surface area contributed by atoms with Crippen molar-refractivity contribution in [3.05, 3.63) is 64.6 Å². The molecule has 5 rings (SSSR count). The van der Waals surface area contributed by atoms with Gasteiger partial charge < -0.3 is 9.80 Å².